The number of aromatic amines is 1. The molecule has 1 saturated heterocycles. The Morgan fingerprint density at radius 3 is 2.71 bits per heavy atom. The summed E-state index contributed by atoms with van der Waals surface area (Å²) in [5.74, 6) is -0.637. The quantitative estimate of drug-likeness (QED) is 0.474. The number of H-pyrrole nitrogens is 1. The Kier molecular flexibility index (Phi) is 6.81. The van der Waals surface area contributed by atoms with E-state index < -0.39 is 24.2 Å². The normalized spacial score (nSPS) is 17.0. The fraction of sp³-hybridized carbons (Fsp3) is 0.458. The van der Waals surface area contributed by atoms with Crippen molar-refractivity contribution in [2.45, 2.75) is 51.3 Å². The van der Waals surface area contributed by atoms with Crippen LogP contribution in [-0.4, -0.2) is 58.3 Å². The number of hydrogen-bond acceptors (Lipinski definition) is 5. The molecule has 0 saturated carbocycles. The topological polar surface area (TPSA) is 87.3 Å². The summed E-state index contributed by atoms with van der Waals surface area (Å²) >= 11 is 1.08. The molecule has 0 spiro atoms. The number of aromatic nitrogens is 2. The number of rotatable bonds is 4. The molecule has 7 nitrogen and oxygen atoms in total. The van der Waals surface area contributed by atoms with E-state index in [-0.39, 0.29) is 16.9 Å². The number of halogens is 3. The summed E-state index contributed by atoms with van der Waals surface area (Å²) in [6.45, 7) is 5.38. The van der Waals surface area contributed by atoms with Crippen LogP contribution < -0.4 is 5.32 Å². The first kappa shape index (κ1) is 25.0. The summed E-state index contributed by atoms with van der Waals surface area (Å²) in [5.41, 5.74) is 2.60. The third kappa shape index (κ3) is 6.33. The van der Waals surface area contributed by atoms with Crippen LogP contribution in [0.4, 0.5) is 18.0 Å². The number of amides is 2. The van der Waals surface area contributed by atoms with Gasteiger partial charge in [0.15, 0.2) is 0 Å². The van der Waals surface area contributed by atoms with Gasteiger partial charge in [-0.2, -0.15) is 13.2 Å². The summed E-state index contributed by atoms with van der Waals surface area (Å²) in [4.78, 5) is 34.3. The molecule has 1 atom stereocenters. The van der Waals surface area contributed by atoms with Gasteiger partial charge >= 0.3 is 12.3 Å². The molecule has 0 aromatic carbocycles. The van der Waals surface area contributed by atoms with Gasteiger partial charge in [-0.05, 0) is 62.8 Å². The first-order valence-corrected chi connectivity index (χ1v) is 12.2. The number of pyridine rings is 1. The largest absolute Gasteiger partial charge is 0.444 e. The van der Waals surface area contributed by atoms with E-state index >= 15 is 0 Å². The molecule has 35 heavy (non-hydrogen) atoms. The van der Waals surface area contributed by atoms with E-state index in [1.54, 1.807) is 22.5 Å². The van der Waals surface area contributed by atoms with Crippen LogP contribution in [0.1, 0.15) is 54.9 Å². The van der Waals surface area contributed by atoms with Crippen molar-refractivity contribution in [2.24, 2.45) is 0 Å². The molecule has 188 valence electrons. The number of nitrogens with zero attached hydrogens (tertiary/aromatic N) is 2. The van der Waals surface area contributed by atoms with E-state index in [1.807, 2.05) is 38.2 Å². The summed E-state index contributed by atoms with van der Waals surface area (Å²) in [7, 11) is 0. The second kappa shape index (κ2) is 9.52. The number of carbonyl (C=O) groups is 2. The predicted octanol–water partition coefficient (Wildman–Crippen LogP) is 5.70. The lowest BCUT2D eigenvalue weighted by atomic mass is 9.95. The van der Waals surface area contributed by atoms with Crippen molar-refractivity contribution in [2.75, 3.05) is 19.6 Å². The summed E-state index contributed by atoms with van der Waals surface area (Å²) in [6.07, 6.45) is -1.31. The summed E-state index contributed by atoms with van der Waals surface area (Å²) in [5, 5.41) is 4.48. The van der Waals surface area contributed by atoms with E-state index in [0.717, 1.165) is 40.8 Å². The maximum absolute atomic E-state index is 12.5. The number of likely N-dealkylation sites (tertiary alicyclic amines) is 1. The first-order valence-electron chi connectivity index (χ1n) is 11.3. The van der Waals surface area contributed by atoms with Crippen LogP contribution in [0.5, 0.6) is 0 Å². The molecule has 0 aliphatic carbocycles. The lowest BCUT2D eigenvalue weighted by molar-refractivity contribution is -0.123. The van der Waals surface area contributed by atoms with Gasteiger partial charge in [0.25, 0.3) is 5.91 Å². The highest BCUT2D eigenvalue weighted by Crippen LogP contribution is 2.32. The Hall–Kier alpha value is -3.08. The van der Waals surface area contributed by atoms with Crippen LogP contribution in [-0.2, 0) is 4.74 Å². The van der Waals surface area contributed by atoms with Gasteiger partial charge in [0.2, 0.25) is 0 Å². The Bertz CT molecular complexity index is 1230. The van der Waals surface area contributed by atoms with Crippen molar-refractivity contribution >= 4 is 34.4 Å². The van der Waals surface area contributed by atoms with Gasteiger partial charge in [-0.25, -0.2) is 9.78 Å². The van der Waals surface area contributed by atoms with Crippen molar-refractivity contribution in [3.8, 4) is 11.1 Å². The van der Waals surface area contributed by atoms with Crippen molar-refractivity contribution in [1.82, 2.24) is 20.2 Å². The van der Waals surface area contributed by atoms with Crippen molar-refractivity contribution < 1.29 is 27.5 Å². The zero-order valence-corrected chi connectivity index (χ0v) is 20.5. The molecule has 3 aromatic rings. The maximum Gasteiger partial charge on any atom is 0.410 e. The van der Waals surface area contributed by atoms with Gasteiger partial charge in [-0.1, -0.05) is 0 Å². The summed E-state index contributed by atoms with van der Waals surface area (Å²) in [6, 6.07) is 5.50. The molecule has 0 bridgehead atoms. The van der Waals surface area contributed by atoms with Crippen LogP contribution in [0.15, 0.2) is 29.8 Å². The van der Waals surface area contributed by atoms with Crippen LogP contribution in [0, 0.1) is 0 Å². The number of piperidine rings is 1. The molecule has 4 rings (SSSR count). The van der Waals surface area contributed by atoms with Crippen molar-refractivity contribution in [3.63, 3.8) is 0 Å². The van der Waals surface area contributed by atoms with Gasteiger partial charge in [-0.3, -0.25) is 4.79 Å². The Morgan fingerprint density at radius 1 is 1.23 bits per heavy atom. The molecule has 1 aliphatic rings. The highest BCUT2D eigenvalue weighted by atomic mass is 32.1. The molecule has 4 heterocycles. The smallest absolute Gasteiger partial charge is 0.410 e. The van der Waals surface area contributed by atoms with Gasteiger partial charge in [0.1, 0.15) is 17.8 Å². The highest BCUT2D eigenvalue weighted by molar-refractivity contribution is 7.12. The zero-order chi connectivity index (χ0) is 25.4. The van der Waals surface area contributed by atoms with Crippen LogP contribution >= 0.6 is 11.3 Å². The minimum Gasteiger partial charge on any atom is -0.444 e. The molecule has 1 fully saturated rings. The number of fused-ring (bicyclic) bond motifs is 1. The SMILES string of the molecule is CC(C)(C)OC(=O)N1CCCC(c2cc3cc(-c4csc(C(=O)NCC(F)(F)F)c4)cnc3[nH]2)C1. The number of hydrogen-bond donors (Lipinski definition) is 2. The molecular formula is C24H27F3N4O3S. The zero-order valence-electron chi connectivity index (χ0n) is 19.7. The van der Waals surface area contributed by atoms with Crippen LogP contribution in [0.2, 0.25) is 0 Å². The van der Waals surface area contributed by atoms with Crippen molar-refractivity contribution in [1.29, 1.82) is 0 Å². The molecular weight excluding hydrogens is 481 g/mol. The second-order valence-electron chi connectivity index (χ2n) is 9.65. The molecule has 2 amide bonds. The monoisotopic (exact) mass is 508 g/mol. The van der Waals surface area contributed by atoms with Crippen LogP contribution in [0.25, 0.3) is 22.2 Å². The molecule has 11 heteroatoms. The first-order chi connectivity index (χ1) is 16.4. The fourth-order valence-corrected chi connectivity index (χ4v) is 4.84. The molecule has 1 unspecified atom stereocenters. The average Bonchev–Trinajstić information content (AvgIpc) is 3.43. The number of nitrogens with one attached hydrogen (secondary N) is 2. The van der Waals surface area contributed by atoms with E-state index in [2.05, 4.69) is 9.97 Å². The molecule has 1 aliphatic heterocycles. The van der Waals surface area contributed by atoms with Crippen molar-refractivity contribution in [3.05, 3.63) is 40.3 Å². The highest BCUT2D eigenvalue weighted by Gasteiger charge is 2.30. The average molecular weight is 509 g/mol. The second-order valence-corrected chi connectivity index (χ2v) is 10.6. The Labute approximate surface area is 204 Å². The lowest BCUT2D eigenvalue weighted by Crippen LogP contribution is -2.42. The minimum absolute atomic E-state index is 0.124. The van der Waals surface area contributed by atoms with E-state index in [4.69, 9.17) is 4.74 Å². The van der Waals surface area contributed by atoms with Gasteiger partial charge in [-0.15, -0.1) is 11.3 Å². The van der Waals surface area contributed by atoms with E-state index in [0.29, 0.717) is 24.3 Å². The minimum atomic E-state index is -4.46. The Morgan fingerprint density at radius 2 is 2.00 bits per heavy atom. The fourth-order valence-electron chi connectivity index (χ4n) is 4.01. The van der Waals surface area contributed by atoms with E-state index in [1.165, 1.54) is 0 Å². The molecule has 0 radical (unpaired) electrons. The maximum atomic E-state index is 12.5. The van der Waals surface area contributed by atoms with Crippen LogP contribution in [0.3, 0.4) is 0 Å². The molecule has 2 N–H and O–H groups in total. The van der Waals surface area contributed by atoms with Gasteiger partial charge in [0, 0.05) is 41.8 Å². The number of carbonyl (C=O) groups excluding carboxylic acids is 2. The summed E-state index contributed by atoms with van der Waals surface area (Å²) < 4.78 is 42.6. The molecule has 3 aromatic heterocycles. The van der Waals surface area contributed by atoms with Gasteiger partial charge < -0.3 is 19.9 Å². The standard InChI is InChI=1S/C24H27F3N4O3S/c1-23(2,3)34-22(33)31-6-4-5-14(11-31)18-8-15-7-16(10-28-20(15)30-18)17-9-19(35-12-17)21(32)29-13-24(25,26)27/h7-10,12,14H,4-6,11,13H2,1-3H3,(H,28,30)(H,29,32). The number of ether oxygens (including phenoxy) is 1. The Balaban J connectivity index is 1.48. The van der Waals surface area contributed by atoms with E-state index in [9.17, 15) is 22.8 Å². The number of alkyl halides is 3. The van der Waals surface area contributed by atoms with Gasteiger partial charge in [0.05, 0.1) is 4.88 Å². The number of thiophene rings is 1. The third-order valence-corrected chi connectivity index (χ3v) is 6.54. The third-order valence-electron chi connectivity index (χ3n) is 5.61. The predicted molar refractivity (Wildman–Crippen MR) is 128 cm³/mol. The lowest BCUT2D eigenvalue weighted by Gasteiger charge is -2.33.